The van der Waals surface area contributed by atoms with Gasteiger partial charge in [0.15, 0.2) is 11.5 Å². The molecule has 1 fully saturated rings. The Morgan fingerprint density at radius 3 is 1.98 bits per heavy atom. The first-order chi connectivity index (χ1) is 24.2. The van der Waals surface area contributed by atoms with E-state index in [-0.39, 0.29) is 11.5 Å². The number of carboxylic acid groups (broad SMARTS) is 2. The largest absolute Gasteiger partial charge is 0.490 e. The number of alkyl halides is 6. The predicted octanol–water partition coefficient (Wildman–Crippen LogP) is 4.04. The average molecular weight is 750 g/mol. The van der Waals surface area contributed by atoms with Gasteiger partial charge in [-0.2, -0.15) is 26.3 Å². The Morgan fingerprint density at radius 1 is 0.962 bits per heavy atom. The van der Waals surface area contributed by atoms with E-state index in [2.05, 4.69) is 20.9 Å². The second kappa shape index (κ2) is 18.7. The van der Waals surface area contributed by atoms with E-state index in [1.54, 1.807) is 6.07 Å². The smallest absolute Gasteiger partial charge is 0.490 e. The molecule has 0 saturated carbocycles. The number of hydrogen-bond donors (Lipinski definition) is 7. The van der Waals surface area contributed by atoms with Gasteiger partial charge in [-0.25, -0.2) is 9.59 Å². The lowest BCUT2D eigenvalue weighted by molar-refractivity contribution is -0.193. The minimum absolute atomic E-state index is 0.147. The lowest BCUT2D eigenvalue weighted by atomic mass is 10.0. The Morgan fingerprint density at radius 2 is 1.52 bits per heavy atom. The fourth-order valence-electron chi connectivity index (χ4n) is 4.75. The molecule has 3 aromatic rings. The number of nitrogens with two attached hydrogens (primary N) is 1. The van der Waals surface area contributed by atoms with Crippen molar-refractivity contribution in [2.75, 3.05) is 25.1 Å². The van der Waals surface area contributed by atoms with Gasteiger partial charge in [0.1, 0.15) is 0 Å². The van der Waals surface area contributed by atoms with Gasteiger partial charge >= 0.3 is 24.3 Å². The summed E-state index contributed by atoms with van der Waals surface area (Å²) in [7, 11) is 0. The number of nitrogens with one attached hydrogen (secondary N) is 3. The quantitative estimate of drug-likeness (QED) is 0.138. The number of aliphatic carboxylic acids is 2. The Labute approximate surface area is 292 Å². The van der Waals surface area contributed by atoms with Crippen LogP contribution in [0, 0.1) is 0 Å². The maximum atomic E-state index is 12.6. The molecule has 0 spiro atoms. The summed E-state index contributed by atoms with van der Waals surface area (Å²) in [6.07, 6.45) is -8.13. The molecule has 1 aromatic heterocycles. The van der Waals surface area contributed by atoms with Crippen molar-refractivity contribution >= 4 is 46.0 Å². The highest BCUT2D eigenvalue weighted by Crippen LogP contribution is 2.38. The third-order valence-electron chi connectivity index (χ3n) is 7.05. The number of aliphatic hydroxyl groups is 1. The first-order valence-corrected chi connectivity index (χ1v) is 15.4. The van der Waals surface area contributed by atoms with Crippen LogP contribution in [0.3, 0.4) is 0 Å². The van der Waals surface area contributed by atoms with Crippen LogP contribution in [0.5, 0.6) is 11.5 Å². The van der Waals surface area contributed by atoms with Gasteiger partial charge in [0.2, 0.25) is 5.91 Å². The molecule has 286 valence electrons. The van der Waals surface area contributed by atoms with Crippen molar-refractivity contribution in [1.82, 2.24) is 15.6 Å². The summed E-state index contributed by atoms with van der Waals surface area (Å²) in [4.78, 5) is 47.2. The summed E-state index contributed by atoms with van der Waals surface area (Å²) in [5.74, 6) is -5.15. The standard InChI is InChI=1S/C28H35N5O5.2C2HF3O2/c1-4-18-16(13-32-28(36)23-10-17(34)14-30-23)8-7-9-21(18)33-26-19-11-24(37-5-2)25(38-6-3)12-22(19)31-15-20(26)27(29)35;2*3-2(4,5)1(6)7/h7-9,11-12,15,17,23,30,34H,4-6,10,13-14H2,1-3H3,(H2,29,35)(H,31,33)(H,32,36);2*(H,6,7)/t17-,23-;;/m1../s1. The minimum atomic E-state index is -5.08. The van der Waals surface area contributed by atoms with E-state index in [4.69, 9.17) is 35.0 Å². The van der Waals surface area contributed by atoms with Gasteiger partial charge in [-0.15, -0.1) is 0 Å². The number of carboxylic acids is 2. The van der Waals surface area contributed by atoms with E-state index < -0.39 is 42.3 Å². The van der Waals surface area contributed by atoms with Crippen LogP contribution >= 0.6 is 0 Å². The van der Waals surface area contributed by atoms with Crippen LogP contribution in [-0.2, 0) is 27.3 Å². The van der Waals surface area contributed by atoms with Crippen molar-refractivity contribution in [3.8, 4) is 11.5 Å². The number of aliphatic hydroxyl groups excluding tert-OH is 1. The number of aromatic nitrogens is 1. The fraction of sp³-hybridized carbons (Fsp3) is 0.406. The number of pyridine rings is 1. The van der Waals surface area contributed by atoms with Crippen LogP contribution in [0.2, 0.25) is 0 Å². The van der Waals surface area contributed by atoms with Crippen LogP contribution in [-0.4, -0.2) is 88.3 Å². The highest BCUT2D eigenvalue weighted by molar-refractivity contribution is 6.08. The van der Waals surface area contributed by atoms with Crippen molar-refractivity contribution < 1.29 is 70.3 Å². The van der Waals surface area contributed by atoms with E-state index in [0.29, 0.717) is 67.2 Å². The minimum Gasteiger partial charge on any atom is -0.490 e. The molecule has 1 aliphatic rings. The highest BCUT2D eigenvalue weighted by Gasteiger charge is 2.39. The number of nitrogens with zero attached hydrogens (tertiary/aromatic N) is 1. The second-order valence-corrected chi connectivity index (χ2v) is 10.7. The molecule has 1 aliphatic heterocycles. The maximum absolute atomic E-state index is 12.6. The highest BCUT2D eigenvalue weighted by atomic mass is 19.4. The van der Waals surface area contributed by atoms with E-state index in [9.17, 15) is 41.0 Å². The Kier molecular flexibility index (Phi) is 15.4. The van der Waals surface area contributed by atoms with E-state index in [1.807, 2.05) is 45.0 Å². The van der Waals surface area contributed by atoms with Crippen LogP contribution < -0.4 is 31.2 Å². The van der Waals surface area contributed by atoms with Crippen molar-refractivity contribution in [3.63, 3.8) is 0 Å². The average Bonchev–Trinajstić information content (AvgIpc) is 3.50. The number of carbonyl (C=O) groups is 4. The molecule has 0 unspecified atom stereocenters. The number of carbonyl (C=O) groups excluding carboxylic acids is 2. The summed E-state index contributed by atoms with van der Waals surface area (Å²) >= 11 is 0. The fourth-order valence-corrected chi connectivity index (χ4v) is 4.75. The Hall–Kier alpha value is -5.37. The number of amides is 2. The van der Waals surface area contributed by atoms with Gasteiger partial charge in [0, 0.05) is 36.4 Å². The number of β-amino-alcohol motifs (C(OH)–C–C–N with tert-alkyl or cyclic N) is 1. The molecule has 14 nitrogen and oxygen atoms in total. The van der Waals surface area contributed by atoms with Gasteiger partial charge in [0.25, 0.3) is 5.91 Å². The number of primary amides is 1. The summed E-state index contributed by atoms with van der Waals surface area (Å²) in [6.45, 7) is 7.47. The molecular weight excluding hydrogens is 712 g/mol. The lowest BCUT2D eigenvalue weighted by Gasteiger charge is -2.20. The molecule has 8 N–H and O–H groups in total. The number of halogens is 6. The van der Waals surface area contributed by atoms with E-state index in [0.717, 1.165) is 16.8 Å². The maximum Gasteiger partial charge on any atom is 0.490 e. The first kappa shape index (κ1) is 42.8. The van der Waals surface area contributed by atoms with E-state index >= 15 is 0 Å². The summed E-state index contributed by atoms with van der Waals surface area (Å²) in [5.41, 5.74) is 9.85. The lowest BCUT2D eigenvalue weighted by Crippen LogP contribution is -2.40. The number of anilines is 2. The first-order valence-electron chi connectivity index (χ1n) is 15.4. The van der Waals surface area contributed by atoms with Crippen molar-refractivity contribution in [1.29, 1.82) is 0 Å². The molecule has 2 aromatic carbocycles. The van der Waals surface area contributed by atoms with Crippen molar-refractivity contribution in [2.24, 2.45) is 5.73 Å². The van der Waals surface area contributed by atoms with Crippen LogP contribution in [0.1, 0.15) is 48.7 Å². The Bertz CT molecular complexity index is 1710. The van der Waals surface area contributed by atoms with Gasteiger partial charge in [-0.05, 0) is 49.9 Å². The molecule has 2 heterocycles. The number of benzene rings is 2. The molecule has 0 aliphatic carbocycles. The molecule has 20 heteroatoms. The zero-order valence-corrected chi connectivity index (χ0v) is 27.9. The summed E-state index contributed by atoms with van der Waals surface area (Å²) in [6, 6.07) is 8.98. The monoisotopic (exact) mass is 749 g/mol. The molecule has 4 rings (SSSR count). The molecule has 1 saturated heterocycles. The second-order valence-electron chi connectivity index (χ2n) is 10.7. The van der Waals surface area contributed by atoms with Crippen LogP contribution in [0.25, 0.3) is 10.9 Å². The normalized spacial score (nSPS) is 15.3. The topological polar surface area (TPSA) is 222 Å². The summed E-state index contributed by atoms with van der Waals surface area (Å²) in [5, 5.41) is 34.1. The molecular formula is C32H37F6N5O9. The molecule has 52 heavy (non-hydrogen) atoms. The van der Waals surface area contributed by atoms with Gasteiger partial charge in [-0.1, -0.05) is 19.1 Å². The summed E-state index contributed by atoms with van der Waals surface area (Å²) < 4.78 is 75.0. The number of ether oxygens (including phenoxy) is 2. The predicted molar refractivity (Wildman–Crippen MR) is 173 cm³/mol. The molecule has 2 atom stereocenters. The number of hydrogen-bond acceptors (Lipinski definition) is 10. The number of fused-ring (bicyclic) bond motifs is 1. The SMILES string of the molecule is CCOc1cc2ncc(C(N)=O)c(Nc3cccc(CNC(=O)[C@H]4C[C@@H](O)CN4)c3CC)c2cc1OCC.O=C(O)C(F)(F)F.O=C(O)C(F)(F)F. The molecule has 0 radical (unpaired) electrons. The van der Waals surface area contributed by atoms with Crippen LogP contribution in [0.15, 0.2) is 36.5 Å². The Balaban J connectivity index is 0.000000564. The van der Waals surface area contributed by atoms with Crippen molar-refractivity contribution in [3.05, 3.63) is 53.2 Å². The zero-order chi connectivity index (χ0) is 39.4. The van der Waals surface area contributed by atoms with Crippen molar-refractivity contribution in [2.45, 2.75) is 64.7 Å². The number of rotatable bonds is 11. The molecule has 2 amide bonds. The third-order valence-corrected chi connectivity index (χ3v) is 7.05. The van der Waals surface area contributed by atoms with Gasteiger partial charge in [-0.3, -0.25) is 14.6 Å². The molecule has 0 bridgehead atoms. The van der Waals surface area contributed by atoms with Gasteiger partial charge in [0.05, 0.1) is 42.1 Å². The van der Waals surface area contributed by atoms with Crippen LogP contribution in [0.4, 0.5) is 37.7 Å². The van der Waals surface area contributed by atoms with E-state index in [1.165, 1.54) is 6.20 Å². The third kappa shape index (κ3) is 12.1. The zero-order valence-electron chi connectivity index (χ0n) is 27.9. The van der Waals surface area contributed by atoms with Gasteiger partial charge < -0.3 is 46.5 Å².